The zero-order valence-electron chi connectivity index (χ0n) is 14.0. The SMILES string of the molecule is CCc1nccn1CC(=O)N1CCO[C@H](CCc2ccncn2)C1. The molecule has 3 heterocycles. The minimum absolute atomic E-state index is 0.0612. The quantitative estimate of drug-likeness (QED) is 0.793. The summed E-state index contributed by atoms with van der Waals surface area (Å²) in [5.41, 5.74) is 1.00. The van der Waals surface area contributed by atoms with E-state index in [-0.39, 0.29) is 12.0 Å². The highest BCUT2D eigenvalue weighted by molar-refractivity contribution is 5.76. The van der Waals surface area contributed by atoms with Gasteiger partial charge in [-0.05, 0) is 18.9 Å². The molecule has 2 aromatic heterocycles. The van der Waals surface area contributed by atoms with Crippen LogP contribution in [0.2, 0.25) is 0 Å². The van der Waals surface area contributed by atoms with Crippen LogP contribution < -0.4 is 0 Å². The van der Waals surface area contributed by atoms with Gasteiger partial charge in [-0.1, -0.05) is 6.92 Å². The van der Waals surface area contributed by atoms with Crippen molar-refractivity contribution in [3.63, 3.8) is 0 Å². The first-order valence-electron chi connectivity index (χ1n) is 8.40. The normalized spacial score (nSPS) is 17.9. The summed E-state index contributed by atoms with van der Waals surface area (Å²) < 4.78 is 7.73. The monoisotopic (exact) mass is 329 g/mol. The van der Waals surface area contributed by atoms with Gasteiger partial charge in [0.05, 0.1) is 12.7 Å². The average Bonchev–Trinajstić information content (AvgIpc) is 3.08. The van der Waals surface area contributed by atoms with Gasteiger partial charge in [-0.2, -0.15) is 0 Å². The Bertz CT molecular complexity index is 658. The van der Waals surface area contributed by atoms with Crippen LogP contribution in [-0.4, -0.2) is 56.1 Å². The number of aromatic nitrogens is 4. The molecule has 1 fully saturated rings. The lowest BCUT2D eigenvalue weighted by Crippen LogP contribution is -2.47. The Morgan fingerprint density at radius 1 is 1.38 bits per heavy atom. The summed E-state index contributed by atoms with van der Waals surface area (Å²) in [7, 11) is 0. The minimum atomic E-state index is 0.0612. The molecule has 7 nitrogen and oxygen atoms in total. The third-order valence-corrected chi connectivity index (χ3v) is 4.28. The molecule has 0 aliphatic carbocycles. The van der Waals surface area contributed by atoms with Crippen LogP contribution in [0.1, 0.15) is 24.9 Å². The van der Waals surface area contributed by atoms with E-state index in [1.165, 1.54) is 0 Å². The van der Waals surface area contributed by atoms with E-state index in [0.29, 0.717) is 26.2 Å². The molecule has 1 amide bonds. The smallest absolute Gasteiger partial charge is 0.242 e. The van der Waals surface area contributed by atoms with Crippen molar-refractivity contribution in [1.82, 2.24) is 24.4 Å². The first-order chi connectivity index (χ1) is 11.8. The Morgan fingerprint density at radius 3 is 3.08 bits per heavy atom. The Balaban J connectivity index is 1.52. The highest BCUT2D eigenvalue weighted by Gasteiger charge is 2.24. The van der Waals surface area contributed by atoms with Gasteiger partial charge in [-0.25, -0.2) is 15.0 Å². The summed E-state index contributed by atoms with van der Waals surface area (Å²) in [5, 5.41) is 0. The summed E-state index contributed by atoms with van der Waals surface area (Å²) >= 11 is 0. The molecule has 1 saturated heterocycles. The van der Waals surface area contributed by atoms with Gasteiger partial charge in [0.25, 0.3) is 0 Å². The van der Waals surface area contributed by atoms with Crippen LogP contribution in [0.25, 0.3) is 0 Å². The third-order valence-electron chi connectivity index (χ3n) is 4.28. The molecule has 0 saturated carbocycles. The van der Waals surface area contributed by atoms with Crippen molar-refractivity contribution < 1.29 is 9.53 Å². The number of amides is 1. The number of carbonyl (C=O) groups is 1. The van der Waals surface area contributed by atoms with Crippen molar-refractivity contribution >= 4 is 5.91 Å². The van der Waals surface area contributed by atoms with Crippen molar-refractivity contribution in [2.75, 3.05) is 19.7 Å². The van der Waals surface area contributed by atoms with Crippen molar-refractivity contribution in [3.05, 3.63) is 42.5 Å². The number of carbonyl (C=O) groups excluding carboxylic acids is 1. The maximum atomic E-state index is 12.6. The van der Waals surface area contributed by atoms with Crippen LogP contribution in [0.5, 0.6) is 0 Å². The average molecular weight is 329 g/mol. The fourth-order valence-electron chi connectivity index (χ4n) is 2.94. The van der Waals surface area contributed by atoms with Gasteiger partial charge >= 0.3 is 0 Å². The molecule has 2 aromatic rings. The summed E-state index contributed by atoms with van der Waals surface area (Å²) in [6.07, 6.45) is 9.48. The number of imidazole rings is 1. The highest BCUT2D eigenvalue weighted by Crippen LogP contribution is 2.12. The van der Waals surface area contributed by atoms with E-state index < -0.39 is 0 Å². The lowest BCUT2D eigenvalue weighted by molar-refractivity contribution is -0.139. The van der Waals surface area contributed by atoms with E-state index in [4.69, 9.17) is 4.74 Å². The van der Waals surface area contributed by atoms with E-state index in [9.17, 15) is 4.79 Å². The van der Waals surface area contributed by atoms with E-state index in [1.54, 1.807) is 18.7 Å². The zero-order chi connectivity index (χ0) is 16.8. The second-order valence-corrected chi connectivity index (χ2v) is 5.90. The van der Waals surface area contributed by atoms with Gasteiger partial charge < -0.3 is 14.2 Å². The first-order valence-corrected chi connectivity index (χ1v) is 8.40. The maximum Gasteiger partial charge on any atom is 0.242 e. The largest absolute Gasteiger partial charge is 0.375 e. The van der Waals surface area contributed by atoms with Crippen LogP contribution in [0.15, 0.2) is 31.0 Å². The fraction of sp³-hybridized carbons (Fsp3) is 0.529. The van der Waals surface area contributed by atoms with Crippen molar-refractivity contribution in [1.29, 1.82) is 0 Å². The number of nitrogens with zero attached hydrogens (tertiary/aromatic N) is 5. The van der Waals surface area contributed by atoms with Gasteiger partial charge in [-0.3, -0.25) is 4.79 Å². The van der Waals surface area contributed by atoms with E-state index in [0.717, 1.165) is 30.8 Å². The first kappa shape index (κ1) is 16.6. The number of rotatable bonds is 6. The predicted octanol–water partition coefficient (Wildman–Crippen LogP) is 1.10. The summed E-state index contributed by atoms with van der Waals surface area (Å²) in [5.74, 6) is 1.06. The van der Waals surface area contributed by atoms with Crippen LogP contribution in [0.3, 0.4) is 0 Å². The Morgan fingerprint density at radius 2 is 2.29 bits per heavy atom. The van der Waals surface area contributed by atoms with Crippen molar-refractivity contribution in [2.45, 2.75) is 38.8 Å². The number of hydrogen-bond donors (Lipinski definition) is 0. The molecule has 24 heavy (non-hydrogen) atoms. The molecule has 0 N–H and O–H groups in total. The molecule has 7 heteroatoms. The van der Waals surface area contributed by atoms with Crippen LogP contribution in [-0.2, 0) is 28.9 Å². The Hall–Kier alpha value is -2.28. The molecule has 1 atom stereocenters. The summed E-state index contributed by atoms with van der Waals surface area (Å²) in [6, 6.07) is 1.91. The topological polar surface area (TPSA) is 73.1 Å². The number of hydrogen-bond acceptors (Lipinski definition) is 5. The third kappa shape index (κ3) is 4.17. The predicted molar refractivity (Wildman–Crippen MR) is 88.3 cm³/mol. The molecule has 128 valence electrons. The van der Waals surface area contributed by atoms with Gasteiger partial charge in [-0.15, -0.1) is 0 Å². The molecule has 0 bridgehead atoms. The van der Waals surface area contributed by atoms with Gasteiger partial charge in [0.1, 0.15) is 18.7 Å². The van der Waals surface area contributed by atoms with Crippen LogP contribution in [0.4, 0.5) is 0 Å². The summed E-state index contributed by atoms with van der Waals surface area (Å²) in [6.45, 7) is 4.27. The molecule has 0 aromatic carbocycles. The van der Waals surface area contributed by atoms with Crippen molar-refractivity contribution in [2.24, 2.45) is 0 Å². The number of morpholine rings is 1. The van der Waals surface area contributed by atoms with Crippen LogP contribution in [0, 0.1) is 0 Å². The molecule has 0 unspecified atom stereocenters. The van der Waals surface area contributed by atoms with Gasteiger partial charge in [0, 0.05) is 43.8 Å². The van der Waals surface area contributed by atoms with Gasteiger partial charge in [0.15, 0.2) is 0 Å². The summed E-state index contributed by atoms with van der Waals surface area (Å²) in [4.78, 5) is 26.9. The molecular weight excluding hydrogens is 306 g/mol. The molecular formula is C17H23N5O2. The van der Waals surface area contributed by atoms with E-state index in [1.807, 2.05) is 28.7 Å². The van der Waals surface area contributed by atoms with Crippen LogP contribution >= 0.6 is 0 Å². The number of ether oxygens (including phenoxy) is 1. The molecule has 0 spiro atoms. The Kier molecular flexibility index (Phi) is 5.53. The standard InChI is InChI=1S/C17H23N5O2/c1-2-16-19-7-8-21(16)12-17(23)22-9-10-24-15(11-22)4-3-14-5-6-18-13-20-14/h5-8,13,15H,2-4,9-12H2,1H3/t15-/m1/s1. The molecule has 1 aliphatic heterocycles. The second kappa shape index (κ2) is 8.01. The molecule has 1 aliphatic rings. The fourth-order valence-corrected chi connectivity index (χ4v) is 2.94. The minimum Gasteiger partial charge on any atom is -0.375 e. The lowest BCUT2D eigenvalue weighted by Gasteiger charge is -2.33. The Labute approximate surface area is 141 Å². The van der Waals surface area contributed by atoms with Gasteiger partial charge in [0.2, 0.25) is 5.91 Å². The molecule has 3 rings (SSSR count). The maximum absolute atomic E-state index is 12.6. The highest BCUT2D eigenvalue weighted by atomic mass is 16.5. The molecule has 0 radical (unpaired) electrons. The number of aryl methyl sites for hydroxylation is 2. The second-order valence-electron chi connectivity index (χ2n) is 5.90. The van der Waals surface area contributed by atoms with Crippen molar-refractivity contribution in [3.8, 4) is 0 Å². The lowest BCUT2D eigenvalue weighted by atomic mass is 10.1. The van der Waals surface area contributed by atoms with E-state index >= 15 is 0 Å². The zero-order valence-corrected chi connectivity index (χ0v) is 14.0. The van der Waals surface area contributed by atoms with E-state index in [2.05, 4.69) is 15.0 Å².